The van der Waals surface area contributed by atoms with Crippen LogP contribution in [-0.4, -0.2) is 87.7 Å². The highest BCUT2D eigenvalue weighted by Gasteiger charge is 2.49. The zero-order valence-electron chi connectivity index (χ0n) is 23.8. The lowest BCUT2D eigenvalue weighted by Gasteiger charge is -2.40. The highest BCUT2D eigenvalue weighted by Crippen LogP contribution is 2.41. The van der Waals surface area contributed by atoms with E-state index in [9.17, 15) is 14.4 Å². The van der Waals surface area contributed by atoms with Crippen molar-refractivity contribution in [2.24, 2.45) is 0 Å². The second-order valence-electron chi connectivity index (χ2n) is 11.6. The Morgan fingerprint density at radius 3 is 3.02 bits per heavy atom. The number of hydrogen-bond donors (Lipinski definition) is 0. The number of aromatic nitrogens is 3. The molecule has 43 heavy (non-hydrogen) atoms. The molecular weight excluding hydrogens is 565 g/mol. The van der Waals surface area contributed by atoms with E-state index in [1.54, 1.807) is 16.2 Å². The van der Waals surface area contributed by atoms with Gasteiger partial charge < -0.3 is 14.5 Å². The van der Waals surface area contributed by atoms with Gasteiger partial charge in [0.25, 0.3) is 0 Å². The molecule has 3 fully saturated rings. The third-order valence-electron chi connectivity index (χ3n) is 9.08. The maximum atomic E-state index is 14.4. The Morgan fingerprint density at radius 2 is 2.16 bits per heavy atom. The number of carbonyl (C=O) groups is 1. The summed E-state index contributed by atoms with van der Waals surface area (Å²) in [7, 11) is 0. The Kier molecular flexibility index (Phi) is 7.19. The molecule has 1 amide bonds. The van der Waals surface area contributed by atoms with Crippen molar-refractivity contribution >= 4 is 44.2 Å². The van der Waals surface area contributed by atoms with Crippen LogP contribution in [-0.2, 0) is 4.79 Å². The van der Waals surface area contributed by atoms with Crippen molar-refractivity contribution < 1.29 is 13.9 Å². The Balaban J connectivity index is 1.28. The number of fused-ring (bicyclic) bond motifs is 3. The predicted octanol–water partition coefficient (Wildman–Crippen LogP) is 4.98. The maximum Gasteiger partial charge on any atom is 0.319 e. The smallest absolute Gasteiger partial charge is 0.319 e. The number of alkyl halides is 1. The number of ether oxygens (including phenoxy) is 1. The minimum Gasteiger partial charge on any atom is -0.461 e. The van der Waals surface area contributed by atoms with Crippen LogP contribution in [0, 0.1) is 11.3 Å². The molecule has 6 heterocycles. The van der Waals surface area contributed by atoms with Crippen LogP contribution in [0.2, 0.25) is 0 Å². The van der Waals surface area contributed by atoms with Crippen molar-refractivity contribution in [3.63, 3.8) is 0 Å². The first-order chi connectivity index (χ1) is 21.0. The number of pyridine rings is 1. The number of nitriles is 1. The van der Waals surface area contributed by atoms with E-state index < -0.39 is 6.17 Å². The zero-order valence-corrected chi connectivity index (χ0v) is 24.6. The van der Waals surface area contributed by atoms with Gasteiger partial charge in [-0.2, -0.15) is 15.2 Å². The third-order valence-corrected chi connectivity index (χ3v) is 10.0. The second-order valence-corrected chi connectivity index (χ2v) is 12.5. The molecule has 3 aliphatic rings. The van der Waals surface area contributed by atoms with Crippen molar-refractivity contribution in [1.82, 2.24) is 24.8 Å². The number of anilines is 1. The minimum absolute atomic E-state index is 0.188. The minimum atomic E-state index is -0.852. The summed E-state index contributed by atoms with van der Waals surface area (Å²) in [5, 5.41) is 12.8. The van der Waals surface area contributed by atoms with Crippen molar-refractivity contribution in [2.75, 3.05) is 44.2 Å². The molecule has 0 aliphatic carbocycles. The van der Waals surface area contributed by atoms with Gasteiger partial charge in [0.15, 0.2) is 5.82 Å². The lowest BCUT2D eigenvalue weighted by Crippen LogP contribution is -2.55. The van der Waals surface area contributed by atoms with Crippen molar-refractivity contribution in [2.45, 2.75) is 43.4 Å². The van der Waals surface area contributed by atoms with Gasteiger partial charge in [-0.1, -0.05) is 24.8 Å². The van der Waals surface area contributed by atoms with E-state index in [2.05, 4.69) is 46.0 Å². The predicted molar refractivity (Wildman–Crippen MR) is 165 cm³/mol. The molecule has 1 unspecified atom stereocenters. The Bertz CT molecular complexity index is 1750. The van der Waals surface area contributed by atoms with Gasteiger partial charge in [-0.15, -0.1) is 11.3 Å². The molecule has 1 aromatic carbocycles. The van der Waals surface area contributed by atoms with Gasteiger partial charge in [0.2, 0.25) is 5.91 Å². The quantitative estimate of drug-likeness (QED) is 0.275. The Hall–Kier alpha value is -4.14. The van der Waals surface area contributed by atoms with E-state index in [1.807, 2.05) is 18.3 Å². The summed E-state index contributed by atoms with van der Waals surface area (Å²) in [6.45, 7) is 6.62. The fourth-order valence-electron chi connectivity index (χ4n) is 7.02. The Labute approximate surface area is 253 Å². The van der Waals surface area contributed by atoms with Crippen LogP contribution in [0.5, 0.6) is 6.01 Å². The molecule has 3 aromatic heterocycles. The molecule has 3 saturated heterocycles. The SMILES string of the molecule is C=CC(=O)N1CCN(c2nc(OCC34CCCN3C[C@H](F)C4)nc3cc(-c4cccc5ccsc45)cnc23)C[C@@H]1CC#N. The van der Waals surface area contributed by atoms with Crippen molar-refractivity contribution in [3.05, 3.63) is 54.6 Å². The van der Waals surface area contributed by atoms with Gasteiger partial charge in [-0.3, -0.25) is 14.7 Å². The summed E-state index contributed by atoms with van der Waals surface area (Å²) in [4.78, 5) is 33.0. The average Bonchev–Trinajstić information content (AvgIpc) is 3.73. The average molecular weight is 598 g/mol. The van der Waals surface area contributed by atoms with Crippen LogP contribution < -0.4 is 9.64 Å². The van der Waals surface area contributed by atoms with E-state index in [0.29, 0.717) is 56.1 Å². The van der Waals surface area contributed by atoms with Gasteiger partial charge in [-0.25, -0.2) is 4.39 Å². The second kappa shape index (κ2) is 11.2. The zero-order chi connectivity index (χ0) is 29.6. The topological polar surface area (TPSA) is 98.5 Å². The largest absolute Gasteiger partial charge is 0.461 e. The molecular formula is C32H32FN7O2S. The van der Waals surface area contributed by atoms with E-state index >= 15 is 0 Å². The number of amides is 1. The summed E-state index contributed by atoms with van der Waals surface area (Å²) >= 11 is 1.69. The van der Waals surface area contributed by atoms with E-state index in [4.69, 9.17) is 19.7 Å². The first kappa shape index (κ1) is 27.7. The number of piperazine rings is 1. The molecule has 7 rings (SSSR count). The molecule has 0 saturated carbocycles. The van der Waals surface area contributed by atoms with Gasteiger partial charge in [0.1, 0.15) is 18.3 Å². The number of hydrogen-bond acceptors (Lipinski definition) is 9. The normalized spacial score (nSPS) is 23.9. The lowest BCUT2D eigenvalue weighted by molar-refractivity contribution is -0.128. The van der Waals surface area contributed by atoms with E-state index in [0.717, 1.165) is 30.5 Å². The first-order valence-corrected chi connectivity index (χ1v) is 15.6. The molecule has 9 nitrogen and oxygen atoms in total. The summed E-state index contributed by atoms with van der Waals surface area (Å²) in [6, 6.07) is 12.5. The molecule has 3 aliphatic heterocycles. The molecule has 220 valence electrons. The Morgan fingerprint density at radius 1 is 1.26 bits per heavy atom. The first-order valence-electron chi connectivity index (χ1n) is 14.7. The molecule has 0 bridgehead atoms. The standard InChI is InChI=1S/C32H32FN7O2S/c1-2-27(41)40-13-12-38(19-24(40)7-10-34)30-28-26(15-22(17-35-28)25-6-3-5-21-8-14-43-29(21)25)36-31(37-30)42-20-32-9-4-11-39(32)18-23(33)16-32/h2-3,5-6,8,14-15,17,23-24H,1,4,7,9,11-13,16,18-20H2/t23-,24+,32?/m1/s1. The number of benzene rings is 1. The molecule has 11 heteroatoms. The van der Waals surface area contributed by atoms with Crippen LogP contribution in [0.3, 0.4) is 0 Å². The lowest BCUT2D eigenvalue weighted by atomic mass is 9.95. The fourth-order valence-corrected chi connectivity index (χ4v) is 7.95. The maximum absolute atomic E-state index is 14.4. The molecule has 0 N–H and O–H groups in total. The summed E-state index contributed by atoms with van der Waals surface area (Å²) in [6.07, 6.45) is 4.85. The molecule has 3 atom stereocenters. The van der Waals surface area contributed by atoms with E-state index in [-0.39, 0.29) is 29.9 Å². The monoisotopic (exact) mass is 597 g/mol. The number of halogens is 1. The van der Waals surface area contributed by atoms with Crippen molar-refractivity contribution in [3.8, 4) is 23.2 Å². The summed E-state index contributed by atoms with van der Waals surface area (Å²) in [5.41, 5.74) is 2.95. The van der Waals surface area contributed by atoms with Crippen LogP contribution in [0.25, 0.3) is 32.2 Å². The highest BCUT2D eigenvalue weighted by atomic mass is 32.1. The van der Waals surface area contributed by atoms with E-state index in [1.165, 1.54) is 16.2 Å². The third kappa shape index (κ3) is 4.98. The van der Waals surface area contributed by atoms with Crippen molar-refractivity contribution in [1.29, 1.82) is 5.26 Å². The van der Waals surface area contributed by atoms with Gasteiger partial charge in [0, 0.05) is 54.6 Å². The highest BCUT2D eigenvalue weighted by molar-refractivity contribution is 7.17. The summed E-state index contributed by atoms with van der Waals surface area (Å²) < 4.78 is 21.9. The van der Waals surface area contributed by atoms with Gasteiger partial charge in [-0.05, 0) is 48.4 Å². The fraction of sp³-hybridized carbons (Fsp3) is 0.406. The molecule has 0 radical (unpaired) electrons. The number of carbonyl (C=O) groups excluding carboxylic acids is 1. The molecule has 4 aromatic rings. The number of nitrogens with zero attached hydrogens (tertiary/aromatic N) is 7. The van der Waals surface area contributed by atoms with Crippen LogP contribution >= 0.6 is 11.3 Å². The molecule has 0 spiro atoms. The number of rotatable bonds is 7. The number of thiophene rings is 1. The van der Waals surface area contributed by atoms with Gasteiger partial charge >= 0.3 is 6.01 Å². The summed E-state index contributed by atoms with van der Waals surface area (Å²) in [5.74, 6) is 0.412. The van der Waals surface area contributed by atoms with Crippen LogP contribution in [0.1, 0.15) is 25.7 Å². The van der Waals surface area contributed by atoms with Gasteiger partial charge in [0.05, 0.1) is 29.6 Å². The van der Waals surface area contributed by atoms with Crippen LogP contribution in [0.15, 0.2) is 54.6 Å². The van der Waals surface area contributed by atoms with Crippen LogP contribution in [0.4, 0.5) is 10.2 Å².